The largest absolute Gasteiger partial charge is 0.431 e. The Balaban J connectivity index is 3.41. The van der Waals surface area contributed by atoms with Gasteiger partial charge in [-0.15, -0.1) is 0 Å². The molecule has 4 nitrogen and oxygen atoms in total. The predicted octanol–water partition coefficient (Wildman–Crippen LogP) is 1.53. The van der Waals surface area contributed by atoms with Crippen LogP contribution < -0.4 is 11.2 Å². The summed E-state index contributed by atoms with van der Waals surface area (Å²) in [7, 11) is 0. The van der Waals surface area contributed by atoms with E-state index in [0.717, 1.165) is 4.57 Å². The second kappa shape index (κ2) is 4.15. The van der Waals surface area contributed by atoms with Crippen LogP contribution >= 0.6 is 0 Å². The third-order valence-corrected chi connectivity index (χ3v) is 2.30. The number of nitrogens with zero attached hydrogens (tertiary/aromatic N) is 1. The van der Waals surface area contributed by atoms with Crippen molar-refractivity contribution >= 4 is 0 Å². The third-order valence-electron chi connectivity index (χ3n) is 2.30. The zero-order valence-corrected chi connectivity index (χ0v) is 8.76. The Morgan fingerprint density at radius 2 is 2.00 bits per heavy atom. The van der Waals surface area contributed by atoms with Crippen LogP contribution in [0.2, 0.25) is 0 Å². The smallest absolute Gasteiger partial charge is 0.303 e. The van der Waals surface area contributed by atoms with Gasteiger partial charge in [-0.1, -0.05) is 6.92 Å². The van der Waals surface area contributed by atoms with Crippen molar-refractivity contribution in [3.05, 3.63) is 32.6 Å². The van der Waals surface area contributed by atoms with Gasteiger partial charge in [0.15, 0.2) is 0 Å². The van der Waals surface area contributed by atoms with Crippen molar-refractivity contribution in [1.29, 1.82) is 0 Å². The minimum absolute atomic E-state index is 0.396. The van der Waals surface area contributed by atoms with E-state index in [1.807, 2.05) is 0 Å². The molecular formula is C9H11F3N2O2. The van der Waals surface area contributed by atoms with E-state index < -0.39 is 29.2 Å². The van der Waals surface area contributed by atoms with Crippen LogP contribution in [0.15, 0.2) is 15.7 Å². The van der Waals surface area contributed by atoms with E-state index in [1.165, 1.54) is 0 Å². The number of halogens is 3. The van der Waals surface area contributed by atoms with Gasteiger partial charge in [-0.25, -0.2) is 4.79 Å². The minimum atomic E-state index is -4.72. The summed E-state index contributed by atoms with van der Waals surface area (Å²) in [5.74, 6) is 0. The van der Waals surface area contributed by atoms with E-state index in [1.54, 1.807) is 18.8 Å². The molecule has 1 atom stereocenters. The van der Waals surface area contributed by atoms with Crippen LogP contribution in [0.3, 0.4) is 0 Å². The van der Waals surface area contributed by atoms with Gasteiger partial charge in [0.2, 0.25) is 0 Å². The molecule has 0 radical (unpaired) electrons. The van der Waals surface area contributed by atoms with Crippen molar-refractivity contribution in [2.45, 2.75) is 32.5 Å². The first-order chi connectivity index (χ1) is 7.27. The maximum Gasteiger partial charge on any atom is 0.431 e. The molecule has 0 aliphatic heterocycles. The number of hydrogen-bond acceptors (Lipinski definition) is 2. The number of alkyl halides is 3. The highest BCUT2D eigenvalue weighted by molar-refractivity contribution is 5.04. The Hall–Kier alpha value is -1.53. The fourth-order valence-electron chi connectivity index (χ4n) is 1.26. The second-order valence-corrected chi connectivity index (χ2v) is 3.45. The van der Waals surface area contributed by atoms with E-state index >= 15 is 0 Å². The molecule has 16 heavy (non-hydrogen) atoms. The first kappa shape index (κ1) is 12.5. The molecule has 0 saturated carbocycles. The summed E-state index contributed by atoms with van der Waals surface area (Å²) in [6.45, 7) is 3.32. The van der Waals surface area contributed by atoms with Crippen molar-refractivity contribution in [1.82, 2.24) is 9.55 Å². The maximum atomic E-state index is 12.2. The Morgan fingerprint density at radius 1 is 1.44 bits per heavy atom. The number of aromatic amines is 1. The summed E-state index contributed by atoms with van der Waals surface area (Å²) in [5, 5.41) is 0. The van der Waals surface area contributed by atoms with Crippen LogP contribution in [0.25, 0.3) is 0 Å². The number of H-pyrrole nitrogens is 1. The van der Waals surface area contributed by atoms with Crippen molar-refractivity contribution in [3.8, 4) is 0 Å². The molecule has 0 aliphatic carbocycles. The van der Waals surface area contributed by atoms with Crippen LogP contribution in [-0.4, -0.2) is 9.55 Å². The first-order valence-electron chi connectivity index (χ1n) is 4.70. The van der Waals surface area contributed by atoms with E-state index in [9.17, 15) is 22.8 Å². The molecule has 0 saturated heterocycles. The van der Waals surface area contributed by atoms with Crippen LogP contribution in [0.5, 0.6) is 0 Å². The number of hydrogen-bond donors (Lipinski definition) is 1. The van der Waals surface area contributed by atoms with Gasteiger partial charge in [-0.2, -0.15) is 13.2 Å². The van der Waals surface area contributed by atoms with E-state index in [-0.39, 0.29) is 0 Å². The lowest BCUT2D eigenvalue weighted by Gasteiger charge is -2.12. The summed E-state index contributed by atoms with van der Waals surface area (Å²) in [6, 6.07) is -0.0355. The summed E-state index contributed by atoms with van der Waals surface area (Å²) in [4.78, 5) is 24.3. The SMILES string of the molecule is CCC(C)n1c(=O)cc(C(F)(F)F)[nH]c1=O. The summed E-state index contributed by atoms with van der Waals surface area (Å²) in [6.07, 6.45) is -4.23. The van der Waals surface area contributed by atoms with Crippen LogP contribution in [0.1, 0.15) is 32.0 Å². The average Bonchev–Trinajstić information content (AvgIpc) is 2.14. The van der Waals surface area contributed by atoms with Gasteiger partial charge in [0.25, 0.3) is 5.56 Å². The zero-order chi connectivity index (χ0) is 12.5. The molecule has 0 aromatic carbocycles. The quantitative estimate of drug-likeness (QED) is 0.846. The fraction of sp³-hybridized carbons (Fsp3) is 0.556. The standard InChI is InChI=1S/C9H11F3N2O2/c1-3-5(2)14-7(15)4-6(9(10,11)12)13-8(14)16/h4-5H,3H2,1-2H3,(H,13,16). The highest BCUT2D eigenvalue weighted by Gasteiger charge is 2.33. The van der Waals surface area contributed by atoms with Crippen LogP contribution in [-0.2, 0) is 6.18 Å². The van der Waals surface area contributed by atoms with Crippen molar-refractivity contribution in [2.75, 3.05) is 0 Å². The molecule has 1 aromatic rings. The highest BCUT2D eigenvalue weighted by atomic mass is 19.4. The van der Waals surface area contributed by atoms with Crippen LogP contribution in [0.4, 0.5) is 13.2 Å². The van der Waals surface area contributed by atoms with Gasteiger partial charge in [-0.3, -0.25) is 9.36 Å². The van der Waals surface area contributed by atoms with Crippen molar-refractivity contribution < 1.29 is 13.2 Å². The molecule has 0 amide bonds. The molecule has 1 unspecified atom stereocenters. The van der Waals surface area contributed by atoms with Gasteiger partial charge in [-0.05, 0) is 13.3 Å². The lowest BCUT2D eigenvalue weighted by Crippen LogP contribution is -2.38. The molecule has 90 valence electrons. The topological polar surface area (TPSA) is 54.9 Å². The predicted molar refractivity (Wildman–Crippen MR) is 51.3 cm³/mol. The number of aromatic nitrogens is 2. The average molecular weight is 236 g/mol. The Bertz CT molecular complexity index is 456. The lowest BCUT2D eigenvalue weighted by molar-refractivity contribution is -0.141. The third kappa shape index (κ3) is 2.34. The highest BCUT2D eigenvalue weighted by Crippen LogP contribution is 2.25. The Morgan fingerprint density at radius 3 is 2.38 bits per heavy atom. The normalized spacial score (nSPS) is 13.8. The summed E-state index contributed by atoms with van der Waals surface area (Å²) in [5.41, 5.74) is -3.29. The van der Waals surface area contributed by atoms with Gasteiger partial charge >= 0.3 is 11.9 Å². The number of nitrogens with one attached hydrogen (secondary N) is 1. The molecule has 7 heteroatoms. The molecule has 0 aliphatic rings. The number of rotatable bonds is 2. The van der Waals surface area contributed by atoms with E-state index in [0.29, 0.717) is 12.5 Å². The molecule has 1 aromatic heterocycles. The van der Waals surface area contributed by atoms with Gasteiger partial charge in [0.1, 0.15) is 5.69 Å². The van der Waals surface area contributed by atoms with Gasteiger partial charge in [0.05, 0.1) is 0 Å². The van der Waals surface area contributed by atoms with E-state index in [4.69, 9.17) is 0 Å². The van der Waals surface area contributed by atoms with Crippen molar-refractivity contribution in [3.63, 3.8) is 0 Å². The van der Waals surface area contributed by atoms with Gasteiger partial charge < -0.3 is 4.98 Å². The maximum absolute atomic E-state index is 12.2. The first-order valence-corrected chi connectivity index (χ1v) is 4.70. The summed E-state index contributed by atoms with van der Waals surface area (Å²) >= 11 is 0. The zero-order valence-electron chi connectivity index (χ0n) is 8.76. The molecule has 1 N–H and O–H groups in total. The summed E-state index contributed by atoms with van der Waals surface area (Å²) < 4.78 is 37.5. The molecule has 0 bridgehead atoms. The van der Waals surface area contributed by atoms with Crippen molar-refractivity contribution in [2.24, 2.45) is 0 Å². The minimum Gasteiger partial charge on any atom is -0.303 e. The lowest BCUT2D eigenvalue weighted by atomic mass is 10.2. The molecule has 0 spiro atoms. The molecule has 1 heterocycles. The van der Waals surface area contributed by atoms with E-state index in [2.05, 4.69) is 0 Å². The van der Waals surface area contributed by atoms with Crippen LogP contribution in [0, 0.1) is 0 Å². The molecule has 1 rings (SSSR count). The second-order valence-electron chi connectivity index (χ2n) is 3.45. The Kier molecular flexibility index (Phi) is 3.25. The van der Waals surface area contributed by atoms with Gasteiger partial charge in [0, 0.05) is 12.1 Å². The Labute approximate surface area is 88.7 Å². The monoisotopic (exact) mass is 236 g/mol. The molecule has 0 fully saturated rings. The fourth-order valence-corrected chi connectivity index (χ4v) is 1.26. The molecular weight excluding hydrogens is 225 g/mol.